The summed E-state index contributed by atoms with van der Waals surface area (Å²) in [6.07, 6.45) is 0.256. The van der Waals surface area contributed by atoms with Crippen LogP contribution in [0.4, 0.5) is 4.39 Å². The highest BCUT2D eigenvalue weighted by molar-refractivity contribution is 8.00. The maximum Gasteiger partial charge on any atom is 0.306 e. The number of rotatable bonds is 6. The standard InChI is InChI=1S/C12H13FO3S/c1-16-12(15)6-7-17-8-11(14)9-4-2-3-5-10(9)13/h2-5H,6-8H2,1H3. The zero-order valence-corrected chi connectivity index (χ0v) is 10.3. The van der Waals surface area contributed by atoms with Gasteiger partial charge in [-0.15, -0.1) is 0 Å². The number of ketones is 1. The highest BCUT2D eigenvalue weighted by Crippen LogP contribution is 2.12. The van der Waals surface area contributed by atoms with Gasteiger partial charge in [-0.3, -0.25) is 9.59 Å². The first kappa shape index (κ1) is 13.7. The zero-order chi connectivity index (χ0) is 12.7. The van der Waals surface area contributed by atoms with Crippen LogP contribution in [0.3, 0.4) is 0 Å². The molecule has 3 nitrogen and oxygen atoms in total. The lowest BCUT2D eigenvalue weighted by Gasteiger charge is -2.02. The van der Waals surface area contributed by atoms with E-state index in [1.54, 1.807) is 6.07 Å². The Balaban J connectivity index is 2.36. The Morgan fingerprint density at radius 2 is 2.06 bits per heavy atom. The molecule has 1 rings (SSSR count). The molecule has 0 N–H and O–H groups in total. The van der Waals surface area contributed by atoms with E-state index in [1.165, 1.54) is 37.1 Å². The van der Waals surface area contributed by atoms with Gasteiger partial charge in [0, 0.05) is 5.75 Å². The van der Waals surface area contributed by atoms with Crippen LogP contribution >= 0.6 is 11.8 Å². The van der Waals surface area contributed by atoms with Gasteiger partial charge < -0.3 is 4.74 Å². The molecule has 1 aromatic rings. The highest BCUT2D eigenvalue weighted by atomic mass is 32.2. The van der Waals surface area contributed by atoms with Crippen molar-refractivity contribution in [2.45, 2.75) is 6.42 Å². The number of carbonyl (C=O) groups excluding carboxylic acids is 2. The highest BCUT2D eigenvalue weighted by Gasteiger charge is 2.10. The molecule has 0 spiro atoms. The molecule has 0 aliphatic heterocycles. The van der Waals surface area contributed by atoms with E-state index >= 15 is 0 Å². The minimum absolute atomic E-state index is 0.0954. The predicted molar refractivity (Wildman–Crippen MR) is 64.7 cm³/mol. The van der Waals surface area contributed by atoms with Gasteiger partial charge in [0.25, 0.3) is 0 Å². The Labute approximate surface area is 103 Å². The molecule has 0 saturated heterocycles. The lowest BCUT2D eigenvalue weighted by molar-refractivity contribution is -0.140. The van der Waals surface area contributed by atoms with E-state index in [2.05, 4.69) is 4.74 Å². The predicted octanol–water partition coefficient (Wildman–Crippen LogP) is 2.30. The van der Waals surface area contributed by atoms with Crippen LogP contribution in [-0.4, -0.2) is 30.4 Å². The van der Waals surface area contributed by atoms with E-state index in [9.17, 15) is 14.0 Å². The van der Waals surface area contributed by atoms with Gasteiger partial charge in [-0.1, -0.05) is 12.1 Å². The molecule has 0 aliphatic rings. The molecule has 0 atom stereocenters. The van der Waals surface area contributed by atoms with Gasteiger partial charge in [-0.05, 0) is 12.1 Å². The molecule has 0 heterocycles. The maximum atomic E-state index is 13.2. The van der Waals surface area contributed by atoms with Crippen molar-refractivity contribution in [1.29, 1.82) is 0 Å². The van der Waals surface area contributed by atoms with Crippen LogP contribution in [0, 0.1) is 5.82 Å². The first-order chi connectivity index (χ1) is 8.15. The molecule has 0 bridgehead atoms. The summed E-state index contributed by atoms with van der Waals surface area (Å²) in [6.45, 7) is 0. The number of hydrogen-bond acceptors (Lipinski definition) is 4. The molecule has 0 aliphatic carbocycles. The topological polar surface area (TPSA) is 43.4 Å². The van der Waals surface area contributed by atoms with Gasteiger partial charge >= 0.3 is 5.97 Å². The first-order valence-electron chi connectivity index (χ1n) is 5.07. The second-order valence-corrected chi connectivity index (χ2v) is 4.39. The van der Waals surface area contributed by atoms with E-state index in [0.717, 1.165) is 0 Å². The number of carbonyl (C=O) groups is 2. The van der Waals surface area contributed by atoms with E-state index < -0.39 is 5.82 Å². The van der Waals surface area contributed by atoms with E-state index in [0.29, 0.717) is 5.75 Å². The van der Waals surface area contributed by atoms with Crippen molar-refractivity contribution in [3.8, 4) is 0 Å². The third kappa shape index (κ3) is 4.56. The molecule has 0 aromatic heterocycles. The molecule has 0 fully saturated rings. The number of halogens is 1. The number of hydrogen-bond donors (Lipinski definition) is 0. The fraction of sp³-hybridized carbons (Fsp3) is 0.333. The lowest BCUT2D eigenvalue weighted by atomic mass is 10.1. The summed E-state index contributed by atoms with van der Waals surface area (Å²) in [7, 11) is 1.32. The van der Waals surface area contributed by atoms with Crippen LogP contribution in [-0.2, 0) is 9.53 Å². The van der Waals surface area contributed by atoms with Crippen LogP contribution in [0.15, 0.2) is 24.3 Å². The van der Waals surface area contributed by atoms with Crippen LogP contribution in [0.1, 0.15) is 16.8 Å². The second kappa shape index (κ2) is 7.06. The molecule has 92 valence electrons. The number of benzene rings is 1. The number of esters is 1. The molecule has 0 unspecified atom stereocenters. The molecule has 0 saturated carbocycles. The van der Waals surface area contributed by atoms with Crippen molar-refractivity contribution in [1.82, 2.24) is 0 Å². The minimum Gasteiger partial charge on any atom is -0.469 e. The average Bonchev–Trinajstić information content (AvgIpc) is 2.34. The summed E-state index contributed by atoms with van der Waals surface area (Å²) >= 11 is 1.29. The summed E-state index contributed by atoms with van der Waals surface area (Å²) in [5.74, 6) is -0.426. The van der Waals surface area contributed by atoms with Crippen LogP contribution in [0.2, 0.25) is 0 Å². The number of Topliss-reactive ketones (excluding diaryl/α,β-unsaturated/α-hetero) is 1. The number of thioether (sulfide) groups is 1. The van der Waals surface area contributed by atoms with Crippen molar-refractivity contribution >= 4 is 23.5 Å². The molecule has 5 heteroatoms. The van der Waals surface area contributed by atoms with Crippen molar-refractivity contribution in [3.05, 3.63) is 35.6 Å². The summed E-state index contributed by atoms with van der Waals surface area (Å²) in [5, 5.41) is 0. The number of methoxy groups -OCH3 is 1. The fourth-order valence-corrected chi connectivity index (χ4v) is 1.98. The summed E-state index contributed by atoms with van der Waals surface area (Å²) in [5.41, 5.74) is 0.0954. The number of ether oxygens (including phenoxy) is 1. The lowest BCUT2D eigenvalue weighted by Crippen LogP contribution is -2.07. The third-order valence-electron chi connectivity index (χ3n) is 2.09. The maximum absolute atomic E-state index is 13.2. The van der Waals surface area contributed by atoms with Gasteiger partial charge in [-0.2, -0.15) is 11.8 Å². The smallest absolute Gasteiger partial charge is 0.306 e. The van der Waals surface area contributed by atoms with Crippen LogP contribution < -0.4 is 0 Å². The first-order valence-corrected chi connectivity index (χ1v) is 6.23. The molecular formula is C12H13FO3S. The second-order valence-electron chi connectivity index (χ2n) is 3.28. The monoisotopic (exact) mass is 256 g/mol. The fourth-order valence-electron chi connectivity index (χ4n) is 1.19. The Bertz CT molecular complexity index is 406. The van der Waals surface area contributed by atoms with Crippen LogP contribution in [0.25, 0.3) is 0 Å². The van der Waals surface area contributed by atoms with E-state index in [-0.39, 0.29) is 29.5 Å². The van der Waals surface area contributed by atoms with Gasteiger partial charge in [0.1, 0.15) is 5.82 Å². The summed E-state index contributed by atoms with van der Waals surface area (Å²) < 4.78 is 17.7. The quantitative estimate of drug-likeness (QED) is 0.445. The summed E-state index contributed by atoms with van der Waals surface area (Å²) in [4.78, 5) is 22.4. The molecule has 1 aromatic carbocycles. The molecule has 0 amide bonds. The molecule has 17 heavy (non-hydrogen) atoms. The SMILES string of the molecule is COC(=O)CCSCC(=O)c1ccccc1F. The largest absolute Gasteiger partial charge is 0.469 e. The Hall–Kier alpha value is -1.36. The van der Waals surface area contributed by atoms with Gasteiger partial charge in [0.05, 0.1) is 24.8 Å². The van der Waals surface area contributed by atoms with Gasteiger partial charge in [-0.25, -0.2) is 4.39 Å². The Kier molecular flexibility index (Phi) is 5.69. The minimum atomic E-state index is -0.508. The summed E-state index contributed by atoms with van der Waals surface area (Å²) in [6, 6.07) is 5.87. The zero-order valence-electron chi connectivity index (χ0n) is 9.44. The molecule has 0 radical (unpaired) electrons. The van der Waals surface area contributed by atoms with Crippen molar-refractivity contribution in [2.75, 3.05) is 18.6 Å². The normalized spacial score (nSPS) is 10.0. The third-order valence-corrected chi connectivity index (χ3v) is 3.04. The van der Waals surface area contributed by atoms with Gasteiger partial charge in [0.2, 0.25) is 0 Å². The average molecular weight is 256 g/mol. The van der Waals surface area contributed by atoms with Crippen molar-refractivity contribution < 1.29 is 18.7 Å². The molecular weight excluding hydrogens is 243 g/mol. The Morgan fingerprint density at radius 1 is 1.35 bits per heavy atom. The van der Waals surface area contributed by atoms with E-state index in [1.807, 2.05) is 0 Å². The van der Waals surface area contributed by atoms with Crippen molar-refractivity contribution in [3.63, 3.8) is 0 Å². The van der Waals surface area contributed by atoms with E-state index in [4.69, 9.17) is 0 Å². The van der Waals surface area contributed by atoms with Gasteiger partial charge in [0.15, 0.2) is 5.78 Å². The van der Waals surface area contributed by atoms with Crippen molar-refractivity contribution in [2.24, 2.45) is 0 Å². The van der Waals surface area contributed by atoms with Crippen LogP contribution in [0.5, 0.6) is 0 Å². The Morgan fingerprint density at radius 3 is 2.71 bits per heavy atom.